The smallest absolute Gasteiger partial charge is 0.387 e. The number of nitrogens with one attached hydrogen (secondary N) is 2. The van der Waals surface area contributed by atoms with Crippen LogP contribution in [0.5, 0.6) is 5.75 Å². The van der Waals surface area contributed by atoms with E-state index in [-0.39, 0.29) is 46.3 Å². The molecule has 2 saturated heterocycles. The second-order valence-electron chi connectivity index (χ2n) is 13.0. The van der Waals surface area contributed by atoms with Crippen molar-refractivity contribution in [2.24, 2.45) is 5.92 Å². The molecule has 3 amide bonds. The monoisotopic (exact) mass is 711 g/mol. The zero-order valence-corrected chi connectivity index (χ0v) is 29.3. The summed E-state index contributed by atoms with van der Waals surface area (Å²) in [5.41, 5.74) is 0.996. The molecule has 6 rings (SSSR count). The number of aromatic nitrogens is 4. The van der Waals surface area contributed by atoms with Gasteiger partial charge in [-0.15, -0.1) is 11.8 Å². The van der Waals surface area contributed by atoms with Crippen molar-refractivity contribution >= 4 is 47.2 Å². The summed E-state index contributed by atoms with van der Waals surface area (Å²) in [6.45, 7) is 8.40. The number of halogens is 2. The maximum Gasteiger partial charge on any atom is 0.387 e. The molecule has 0 bridgehead atoms. The van der Waals surface area contributed by atoms with Crippen molar-refractivity contribution in [3.05, 3.63) is 42.2 Å². The molecule has 13 nitrogen and oxygen atoms in total. The number of likely N-dealkylation sites (tertiary alicyclic amines) is 1. The molecule has 5 heterocycles. The molecule has 16 heteroatoms. The summed E-state index contributed by atoms with van der Waals surface area (Å²) in [4.78, 5) is 45.7. The number of ether oxygens (including phenoxy) is 1. The quantitative estimate of drug-likeness (QED) is 0.278. The number of benzene rings is 1. The Balaban J connectivity index is 1.20. The average Bonchev–Trinajstić information content (AvgIpc) is 3.69. The van der Waals surface area contributed by atoms with E-state index in [1.807, 2.05) is 29.7 Å². The number of piperidine rings is 1. The molecule has 0 radical (unpaired) electrons. The number of carbonyl (C=O) groups excluding carboxylic acids is 3. The van der Waals surface area contributed by atoms with Crippen molar-refractivity contribution in [3.8, 4) is 17.0 Å². The third-order valence-electron chi connectivity index (χ3n) is 9.08. The first-order chi connectivity index (χ1) is 24.0. The van der Waals surface area contributed by atoms with Gasteiger partial charge in [0, 0.05) is 87.4 Å². The third kappa shape index (κ3) is 8.46. The third-order valence-corrected chi connectivity index (χ3v) is 10.1. The lowest BCUT2D eigenvalue weighted by Crippen LogP contribution is -2.50. The summed E-state index contributed by atoms with van der Waals surface area (Å²) < 4.78 is 35.0. The predicted molar refractivity (Wildman–Crippen MR) is 187 cm³/mol. The minimum Gasteiger partial charge on any atom is -0.434 e. The summed E-state index contributed by atoms with van der Waals surface area (Å²) in [5, 5.41) is 15.2. The molecule has 2 N–H and O–H groups in total. The van der Waals surface area contributed by atoms with E-state index in [2.05, 4.69) is 25.7 Å². The maximum atomic E-state index is 13.6. The highest BCUT2D eigenvalue weighted by molar-refractivity contribution is 7.99. The van der Waals surface area contributed by atoms with Crippen molar-refractivity contribution in [1.82, 2.24) is 34.3 Å². The normalized spacial score (nSPS) is 16.9. The Morgan fingerprint density at radius 2 is 1.84 bits per heavy atom. The molecule has 0 atom stereocenters. The van der Waals surface area contributed by atoms with Gasteiger partial charge in [-0.3, -0.25) is 24.0 Å². The van der Waals surface area contributed by atoms with Crippen LogP contribution in [0.2, 0.25) is 0 Å². The maximum absolute atomic E-state index is 13.6. The molecule has 0 saturated carbocycles. The van der Waals surface area contributed by atoms with E-state index in [9.17, 15) is 23.2 Å². The fraction of sp³-hybridized carbons (Fsp3) is 0.500. The SMILES string of the molecule is CC(=O)N1CCN(CC2CCN(C(=O)Cn3cc(NC(=O)c4cnn5c4NCC=C5)c(-c4cc(SC(C)C)ccc4OC(F)F)n3)CC2)CC1. The summed E-state index contributed by atoms with van der Waals surface area (Å²) in [5.74, 6) is 0.399. The summed E-state index contributed by atoms with van der Waals surface area (Å²) in [6, 6.07) is 4.89. The first-order valence-electron chi connectivity index (χ1n) is 16.9. The Labute approximate surface area is 294 Å². The van der Waals surface area contributed by atoms with Gasteiger partial charge in [-0.05, 0) is 43.0 Å². The van der Waals surface area contributed by atoms with Crippen molar-refractivity contribution in [2.45, 2.75) is 56.9 Å². The molecule has 2 aromatic heterocycles. The Morgan fingerprint density at radius 3 is 2.54 bits per heavy atom. The fourth-order valence-electron chi connectivity index (χ4n) is 6.56. The summed E-state index contributed by atoms with van der Waals surface area (Å²) in [7, 11) is 0. The Kier molecular flexibility index (Phi) is 11.1. The van der Waals surface area contributed by atoms with Crippen molar-refractivity contribution in [2.75, 3.05) is 63.0 Å². The van der Waals surface area contributed by atoms with Gasteiger partial charge in [0.25, 0.3) is 5.91 Å². The first-order valence-corrected chi connectivity index (χ1v) is 17.8. The number of piperazine rings is 1. The van der Waals surface area contributed by atoms with Gasteiger partial charge in [0.2, 0.25) is 11.8 Å². The van der Waals surface area contributed by atoms with Gasteiger partial charge in [0.15, 0.2) is 0 Å². The van der Waals surface area contributed by atoms with Gasteiger partial charge in [-0.25, -0.2) is 4.68 Å². The predicted octanol–water partition coefficient (Wildman–Crippen LogP) is 4.40. The highest BCUT2D eigenvalue weighted by Gasteiger charge is 2.28. The van der Waals surface area contributed by atoms with Gasteiger partial charge in [0.05, 0.1) is 11.9 Å². The molecule has 2 fully saturated rings. The van der Waals surface area contributed by atoms with Crippen LogP contribution in [0.15, 0.2) is 41.6 Å². The highest BCUT2D eigenvalue weighted by atomic mass is 32.2. The molecule has 1 aromatic carbocycles. The number of hydrogen-bond acceptors (Lipinski definition) is 9. The van der Waals surface area contributed by atoms with Gasteiger partial charge >= 0.3 is 6.61 Å². The van der Waals surface area contributed by atoms with Crippen LogP contribution in [0.1, 0.15) is 44.0 Å². The second-order valence-corrected chi connectivity index (χ2v) is 14.6. The van der Waals surface area contributed by atoms with E-state index in [4.69, 9.17) is 4.74 Å². The lowest BCUT2D eigenvalue weighted by Gasteiger charge is -2.38. The topological polar surface area (TPSA) is 130 Å². The number of rotatable bonds is 11. The molecule has 0 aliphatic carbocycles. The minimum atomic E-state index is -3.08. The number of carbonyl (C=O) groups is 3. The lowest BCUT2D eigenvalue weighted by molar-refractivity contribution is -0.133. The van der Waals surface area contributed by atoms with Gasteiger partial charge in [-0.1, -0.05) is 13.8 Å². The minimum absolute atomic E-state index is 0.0957. The Bertz CT molecular complexity index is 1730. The van der Waals surface area contributed by atoms with Gasteiger partial charge in [0.1, 0.15) is 29.4 Å². The van der Waals surface area contributed by atoms with E-state index in [1.54, 1.807) is 47.9 Å². The largest absolute Gasteiger partial charge is 0.434 e. The van der Waals surface area contributed by atoms with Crippen LogP contribution in [0.25, 0.3) is 17.5 Å². The van der Waals surface area contributed by atoms with E-state index in [0.29, 0.717) is 36.9 Å². The number of hydrogen-bond donors (Lipinski definition) is 2. The number of anilines is 2. The second kappa shape index (κ2) is 15.6. The number of amides is 3. The fourth-order valence-corrected chi connectivity index (χ4v) is 7.44. The molecular weight excluding hydrogens is 668 g/mol. The number of nitrogens with zero attached hydrogens (tertiary/aromatic N) is 7. The van der Waals surface area contributed by atoms with Crippen LogP contribution in [-0.4, -0.2) is 116 Å². The van der Waals surface area contributed by atoms with Crippen LogP contribution in [-0.2, 0) is 16.1 Å². The lowest BCUT2D eigenvalue weighted by atomic mass is 9.96. The van der Waals surface area contributed by atoms with E-state index in [0.717, 1.165) is 50.5 Å². The van der Waals surface area contributed by atoms with E-state index in [1.165, 1.54) is 16.9 Å². The van der Waals surface area contributed by atoms with Gasteiger partial charge in [-0.2, -0.15) is 19.0 Å². The standard InChI is InChI=1S/C34H43F2N9O4S/c1-22(2)50-25-5-6-29(49-34(35)36)26(17-25)31-28(39-33(48)27-18-38-45-10-4-9-37-32(27)45)20-44(40-31)21-30(47)43-11-7-24(8-12-43)19-41-13-15-42(16-14-41)23(3)46/h4-6,10,17-18,20,22,24,34,37H,7-9,11-16,19,21H2,1-3H3,(H,39,48). The number of alkyl halides is 2. The molecule has 50 heavy (non-hydrogen) atoms. The summed E-state index contributed by atoms with van der Waals surface area (Å²) in [6.07, 6.45) is 8.37. The molecular formula is C34H43F2N9O4S. The van der Waals surface area contributed by atoms with Crippen molar-refractivity contribution < 1.29 is 27.9 Å². The molecule has 0 unspecified atom stereocenters. The Hall–Kier alpha value is -4.44. The molecule has 3 aliphatic rings. The zero-order chi connectivity index (χ0) is 35.4. The van der Waals surface area contributed by atoms with Crippen LogP contribution >= 0.6 is 11.8 Å². The highest BCUT2D eigenvalue weighted by Crippen LogP contribution is 2.39. The Morgan fingerprint density at radius 1 is 1.08 bits per heavy atom. The van der Waals surface area contributed by atoms with E-state index < -0.39 is 12.5 Å². The molecule has 0 spiro atoms. The van der Waals surface area contributed by atoms with Crippen molar-refractivity contribution in [1.29, 1.82) is 0 Å². The van der Waals surface area contributed by atoms with E-state index >= 15 is 0 Å². The van der Waals surface area contributed by atoms with Gasteiger partial charge < -0.3 is 25.2 Å². The molecule has 3 aromatic rings. The molecule has 3 aliphatic heterocycles. The van der Waals surface area contributed by atoms with Crippen molar-refractivity contribution in [3.63, 3.8) is 0 Å². The van der Waals surface area contributed by atoms with Crippen LogP contribution in [0.4, 0.5) is 20.3 Å². The first kappa shape index (κ1) is 35.4. The van der Waals surface area contributed by atoms with Crippen LogP contribution in [0, 0.1) is 5.92 Å². The number of fused-ring (bicyclic) bond motifs is 1. The average molecular weight is 712 g/mol. The molecule has 268 valence electrons. The van der Waals surface area contributed by atoms with Crippen LogP contribution < -0.4 is 15.4 Å². The summed E-state index contributed by atoms with van der Waals surface area (Å²) >= 11 is 1.55. The zero-order valence-electron chi connectivity index (χ0n) is 28.5. The van der Waals surface area contributed by atoms with Crippen LogP contribution in [0.3, 0.4) is 0 Å². The number of thioether (sulfide) groups is 1.